The topological polar surface area (TPSA) is 96.0 Å². The summed E-state index contributed by atoms with van der Waals surface area (Å²) in [5, 5.41) is 3.40. The molecule has 1 N–H and O–H groups in total. The van der Waals surface area contributed by atoms with Gasteiger partial charge in [0.05, 0.1) is 17.7 Å². The molecule has 3 aromatic rings. The van der Waals surface area contributed by atoms with Gasteiger partial charge in [-0.25, -0.2) is 8.42 Å². The van der Waals surface area contributed by atoms with E-state index >= 15 is 0 Å². The molecule has 220 valence electrons. The molecule has 3 aromatic carbocycles. The summed E-state index contributed by atoms with van der Waals surface area (Å²) in [5.41, 5.74) is 2.16. The highest BCUT2D eigenvalue weighted by Crippen LogP contribution is 2.27. The first-order chi connectivity index (χ1) is 19.5. The first kappa shape index (κ1) is 32.0. The Morgan fingerprint density at radius 3 is 2.07 bits per heavy atom. The highest BCUT2D eigenvalue weighted by molar-refractivity contribution is 7.92. The maximum Gasteiger partial charge on any atom is 0.264 e. The van der Waals surface area contributed by atoms with Gasteiger partial charge in [-0.15, -0.1) is 0 Å². The van der Waals surface area contributed by atoms with Crippen LogP contribution in [0.3, 0.4) is 0 Å². The fraction of sp³-hybridized carbons (Fsp3) is 0.355. The van der Waals surface area contributed by atoms with E-state index in [1.165, 1.54) is 24.1 Å². The number of nitrogens with zero attached hydrogens (tertiary/aromatic N) is 2. The Morgan fingerprint density at radius 1 is 0.927 bits per heavy atom. The van der Waals surface area contributed by atoms with Crippen molar-refractivity contribution in [2.24, 2.45) is 0 Å². The Kier molecular flexibility index (Phi) is 11.2. The number of ether oxygens (including phenoxy) is 1. The van der Waals surface area contributed by atoms with Crippen molar-refractivity contribution in [1.82, 2.24) is 10.2 Å². The molecule has 0 aliphatic carbocycles. The molecule has 2 atom stereocenters. The van der Waals surface area contributed by atoms with E-state index in [4.69, 9.17) is 16.3 Å². The van der Waals surface area contributed by atoms with Crippen LogP contribution in [-0.4, -0.2) is 50.9 Å². The fourth-order valence-electron chi connectivity index (χ4n) is 4.26. The molecular formula is C31H38ClN3O5S. The SMILES string of the molecule is CC[C@H](C)NC(=O)[C@H](CC)N(Cc1ccc(C)cc1)C(=O)CN(c1ccc(Cl)cc1)S(=O)(=O)c1ccc(OC)cc1. The van der Waals surface area contributed by atoms with Crippen LogP contribution in [-0.2, 0) is 26.2 Å². The van der Waals surface area contributed by atoms with E-state index in [-0.39, 0.29) is 29.1 Å². The molecule has 0 saturated carbocycles. The van der Waals surface area contributed by atoms with Gasteiger partial charge in [0.2, 0.25) is 11.8 Å². The third-order valence-corrected chi connectivity index (χ3v) is 8.94. The van der Waals surface area contributed by atoms with Crippen LogP contribution in [0.2, 0.25) is 5.02 Å². The molecule has 0 aliphatic heterocycles. The molecular weight excluding hydrogens is 562 g/mol. The Hall–Kier alpha value is -3.56. The van der Waals surface area contributed by atoms with E-state index in [9.17, 15) is 18.0 Å². The van der Waals surface area contributed by atoms with Crippen LogP contribution in [0, 0.1) is 6.92 Å². The molecule has 0 aliphatic rings. The number of carbonyl (C=O) groups excluding carboxylic acids is 2. The van der Waals surface area contributed by atoms with Crippen molar-refractivity contribution in [2.45, 2.75) is 64.1 Å². The Labute approximate surface area is 248 Å². The van der Waals surface area contributed by atoms with Gasteiger partial charge in [0.25, 0.3) is 10.0 Å². The number of benzene rings is 3. The van der Waals surface area contributed by atoms with E-state index in [2.05, 4.69) is 5.32 Å². The monoisotopic (exact) mass is 599 g/mol. The second-order valence-corrected chi connectivity index (χ2v) is 12.2. The number of sulfonamides is 1. The van der Waals surface area contributed by atoms with Gasteiger partial charge in [-0.1, -0.05) is 55.3 Å². The fourth-order valence-corrected chi connectivity index (χ4v) is 5.80. The van der Waals surface area contributed by atoms with E-state index in [1.54, 1.807) is 36.4 Å². The summed E-state index contributed by atoms with van der Waals surface area (Å²) in [6.07, 6.45) is 1.09. The predicted molar refractivity (Wildman–Crippen MR) is 163 cm³/mol. The summed E-state index contributed by atoms with van der Waals surface area (Å²) >= 11 is 6.09. The number of nitrogens with one attached hydrogen (secondary N) is 1. The first-order valence-electron chi connectivity index (χ1n) is 13.6. The van der Waals surface area contributed by atoms with Crippen molar-refractivity contribution in [2.75, 3.05) is 18.0 Å². The van der Waals surface area contributed by atoms with Gasteiger partial charge in [0, 0.05) is 17.6 Å². The second kappa shape index (κ2) is 14.4. The molecule has 0 aromatic heterocycles. The van der Waals surface area contributed by atoms with Gasteiger partial charge in [-0.2, -0.15) is 0 Å². The molecule has 0 radical (unpaired) electrons. The zero-order valence-corrected chi connectivity index (χ0v) is 25.7. The zero-order chi connectivity index (χ0) is 30.2. The highest BCUT2D eigenvalue weighted by Gasteiger charge is 2.34. The minimum Gasteiger partial charge on any atom is -0.497 e. The largest absolute Gasteiger partial charge is 0.497 e. The molecule has 0 saturated heterocycles. The van der Waals surface area contributed by atoms with E-state index in [1.807, 2.05) is 52.0 Å². The summed E-state index contributed by atoms with van der Waals surface area (Å²) in [7, 11) is -2.70. The zero-order valence-electron chi connectivity index (χ0n) is 24.1. The number of hydrogen-bond acceptors (Lipinski definition) is 5. The van der Waals surface area contributed by atoms with Crippen LogP contribution in [0.4, 0.5) is 5.69 Å². The average Bonchev–Trinajstić information content (AvgIpc) is 2.97. The molecule has 2 amide bonds. The Bertz CT molecular complexity index is 1410. The summed E-state index contributed by atoms with van der Waals surface area (Å²) < 4.78 is 34.1. The first-order valence-corrected chi connectivity index (χ1v) is 15.4. The highest BCUT2D eigenvalue weighted by atomic mass is 35.5. The van der Waals surface area contributed by atoms with Gasteiger partial charge in [-0.3, -0.25) is 13.9 Å². The van der Waals surface area contributed by atoms with Crippen LogP contribution < -0.4 is 14.4 Å². The lowest BCUT2D eigenvalue weighted by Gasteiger charge is -2.33. The standard InChI is InChI=1S/C31H38ClN3O5S/c1-6-23(4)33-31(37)29(7-2)34(20-24-10-8-22(3)9-11-24)30(36)21-35(26-14-12-25(32)13-15-26)41(38,39)28-18-16-27(40-5)17-19-28/h8-19,23,29H,6-7,20-21H2,1-5H3,(H,33,37)/t23-,29-/m0/s1. The molecule has 10 heteroatoms. The van der Waals surface area contributed by atoms with Crippen LogP contribution >= 0.6 is 11.6 Å². The lowest BCUT2D eigenvalue weighted by Crippen LogP contribution is -2.53. The van der Waals surface area contributed by atoms with Gasteiger partial charge in [0.1, 0.15) is 18.3 Å². The van der Waals surface area contributed by atoms with Crippen LogP contribution in [0.1, 0.15) is 44.7 Å². The van der Waals surface area contributed by atoms with Crippen LogP contribution in [0.25, 0.3) is 0 Å². The summed E-state index contributed by atoms with van der Waals surface area (Å²) in [4.78, 5) is 28.9. The summed E-state index contributed by atoms with van der Waals surface area (Å²) in [6.45, 7) is 7.30. The van der Waals surface area contributed by atoms with Gasteiger partial charge < -0.3 is 15.0 Å². The third kappa shape index (κ3) is 8.24. The molecule has 0 spiro atoms. The molecule has 0 unspecified atom stereocenters. The van der Waals surface area contributed by atoms with Gasteiger partial charge in [-0.05, 0) is 80.8 Å². The quantitative estimate of drug-likeness (QED) is 0.277. The molecule has 0 bridgehead atoms. The van der Waals surface area contributed by atoms with E-state index in [0.29, 0.717) is 17.2 Å². The van der Waals surface area contributed by atoms with Crippen LogP contribution in [0.15, 0.2) is 77.7 Å². The van der Waals surface area contributed by atoms with Crippen molar-refractivity contribution >= 4 is 39.1 Å². The number of amides is 2. The van der Waals surface area contributed by atoms with E-state index in [0.717, 1.165) is 21.9 Å². The smallest absolute Gasteiger partial charge is 0.264 e. The Morgan fingerprint density at radius 2 is 1.54 bits per heavy atom. The number of halogens is 1. The molecule has 3 rings (SSSR count). The number of carbonyl (C=O) groups is 2. The summed E-state index contributed by atoms with van der Waals surface area (Å²) in [6, 6.07) is 19.0. The molecule has 0 fully saturated rings. The minimum atomic E-state index is -4.19. The van der Waals surface area contributed by atoms with Gasteiger partial charge in [0.15, 0.2) is 0 Å². The third-order valence-electron chi connectivity index (χ3n) is 6.90. The molecule has 0 heterocycles. The van der Waals surface area contributed by atoms with Crippen molar-refractivity contribution in [1.29, 1.82) is 0 Å². The van der Waals surface area contributed by atoms with Crippen molar-refractivity contribution in [3.63, 3.8) is 0 Å². The van der Waals surface area contributed by atoms with Gasteiger partial charge >= 0.3 is 0 Å². The number of methoxy groups -OCH3 is 1. The predicted octanol–water partition coefficient (Wildman–Crippen LogP) is 5.57. The lowest BCUT2D eigenvalue weighted by atomic mass is 10.1. The maximum absolute atomic E-state index is 14.1. The number of hydrogen-bond donors (Lipinski definition) is 1. The molecule has 8 nitrogen and oxygen atoms in total. The lowest BCUT2D eigenvalue weighted by molar-refractivity contribution is -0.140. The Balaban J connectivity index is 2.05. The van der Waals surface area contributed by atoms with Crippen molar-refractivity contribution in [3.05, 3.63) is 88.9 Å². The number of aryl methyl sites for hydroxylation is 1. The second-order valence-electron chi connectivity index (χ2n) is 9.91. The average molecular weight is 600 g/mol. The van der Waals surface area contributed by atoms with Crippen LogP contribution in [0.5, 0.6) is 5.75 Å². The minimum absolute atomic E-state index is 0.00677. The maximum atomic E-state index is 14.1. The number of rotatable bonds is 13. The van der Waals surface area contributed by atoms with Crippen molar-refractivity contribution in [3.8, 4) is 5.75 Å². The normalized spacial score (nSPS) is 12.7. The number of anilines is 1. The summed E-state index contributed by atoms with van der Waals surface area (Å²) in [5.74, 6) is -0.289. The van der Waals surface area contributed by atoms with Crippen molar-refractivity contribution < 1.29 is 22.7 Å². The molecule has 41 heavy (non-hydrogen) atoms. The van der Waals surface area contributed by atoms with E-state index < -0.39 is 28.5 Å².